The maximum atomic E-state index is 12.2. The van der Waals surface area contributed by atoms with Crippen LogP contribution < -0.4 is 32.3 Å². The van der Waals surface area contributed by atoms with Gasteiger partial charge in [-0.1, -0.05) is 12.8 Å². The minimum absolute atomic E-state index is 0.00269. The number of fused-ring (bicyclic) bond motifs is 1. The summed E-state index contributed by atoms with van der Waals surface area (Å²) >= 11 is 0. The molecule has 2 amide bonds. The van der Waals surface area contributed by atoms with Gasteiger partial charge >= 0.3 is 0 Å². The van der Waals surface area contributed by atoms with Gasteiger partial charge in [0.25, 0.3) is 0 Å². The summed E-state index contributed by atoms with van der Waals surface area (Å²) in [6.07, 6.45) is 10.3. The zero-order valence-corrected chi connectivity index (χ0v) is 21.5. The van der Waals surface area contributed by atoms with Gasteiger partial charge in [-0.15, -0.1) is 0 Å². The normalized spacial score (nSPS) is 35.8. The third-order valence-corrected chi connectivity index (χ3v) is 9.79. The molecule has 0 radical (unpaired) electrons. The summed E-state index contributed by atoms with van der Waals surface area (Å²) in [4.78, 5) is 29.9. The molecule has 0 aromatic heterocycles. The zero-order valence-electron chi connectivity index (χ0n) is 20.7. The quantitative estimate of drug-likeness (QED) is 0.222. The highest BCUT2D eigenvalue weighted by molar-refractivity contribution is 7.91. The van der Waals surface area contributed by atoms with Crippen LogP contribution in [0.25, 0.3) is 0 Å². The summed E-state index contributed by atoms with van der Waals surface area (Å²) < 4.78 is 23.5. The van der Waals surface area contributed by atoms with Crippen molar-refractivity contribution in [1.29, 1.82) is 0 Å². The Labute approximate surface area is 208 Å². The summed E-state index contributed by atoms with van der Waals surface area (Å²) in [5, 5.41) is 9.64. The topological polar surface area (TPSA) is 150 Å². The van der Waals surface area contributed by atoms with Crippen LogP contribution in [0.2, 0.25) is 0 Å². The Kier molecular flexibility index (Phi) is 9.39. The zero-order chi connectivity index (χ0) is 24.8. The monoisotopic (exact) mass is 514 g/mol. The predicted molar refractivity (Wildman–Crippen MR) is 131 cm³/mol. The van der Waals surface area contributed by atoms with Crippen LogP contribution in [0.4, 0.5) is 0 Å². The molecule has 0 aromatic carbocycles. The highest BCUT2D eigenvalue weighted by atomic mass is 32.2. The molecule has 11 nitrogen and oxygen atoms in total. The molecule has 200 valence electrons. The minimum Gasteiger partial charge on any atom is -0.356 e. The van der Waals surface area contributed by atoms with Crippen molar-refractivity contribution in [3.05, 3.63) is 0 Å². The fourth-order valence-corrected chi connectivity index (χ4v) is 7.14. The molecule has 35 heavy (non-hydrogen) atoms. The van der Waals surface area contributed by atoms with Gasteiger partial charge in [0.05, 0.1) is 17.6 Å². The molecule has 12 heteroatoms. The Morgan fingerprint density at radius 2 is 1.86 bits per heavy atom. The molecule has 4 aliphatic rings. The summed E-state index contributed by atoms with van der Waals surface area (Å²) in [6, 6.07) is 0. The van der Waals surface area contributed by atoms with E-state index in [2.05, 4.69) is 32.3 Å². The van der Waals surface area contributed by atoms with Crippen molar-refractivity contribution in [1.82, 2.24) is 32.3 Å². The summed E-state index contributed by atoms with van der Waals surface area (Å²) in [7, 11) is -2.96. The molecule has 2 saturated heterocycles. The molecule has 0 bridgehead atoms. The lowest BCUT2D eigenvalue weighted by molar-refractivity contribution is -0.134. The third kappa shape index (κ3) is 7.36. The van der Waals surface area contributed by atoms with E-state index in [0.29, 0.717) is 44.1 Å². The molecule has 5 unspecified atom stereocenters. The molecule has 0 aromatic rings. The van der Waals surface area contributed by atoms with E-state index in [1.807, 2.05) is 0 Å². The number of sulfone groups is 1. The molecule has 2 aliphatic heterocycles. The highest BCUT2D eigenvalue weighted by Gasteiger charge is 2.39. The molecular weight excluding hydrogens is 472 g/mol. The third-order valence-electron chi connectivity index (χ3n) is 8.11. The van der Waals surface area contributed by atoms with Crippen molar-refractivity contribution in [2.24, 2.45) is 17.8 Å². The average Bonchev–Trinajstić information content (AvgIpc) is 3.33. The van der Waals surface area contributed by atoms with Crippen LogP contribution in [-0.4, -0.2) is 63.4 Å². The largest absolute Gasteiger partial charge is 0.356 e. The molecule has 2 aliphatic carbocycles. The number of carbonyl (C=O) groups is 2. The number of hydroxylamine groups is 1. The lowest BCUT2D eigenvalue weighted by atomic mass is 9.76. The summed E-state index contributed by atoms with van der Waals surface area (Å²) in [6.45, 7) is 1.36. The number of rotatable bonds is 10. The number of hydrogen-bond acceptors (Lipinski definition) is 9. The van der Waals surface area contributed by atoms with Crippen LogP contribution in [0.15, 0.2) is 0 Å². The standard InChI is InChI=1S/C23H42N6O5S/c1-35(32,33)16-9-7-15(8-10-16)21-26-20(34-29-21)12-11-19(30)24-13-4-14-25-22-17-5-2-3-6-18(17)23(31)28-27-22/h15-18,20-22,25-27,29H,2-14H2,1H3,(H,24,30)(H,28,31). The molecule has 0 spiro atoms. The van der Waals surface area contributed by atoms with Crippen molar-refractivity contribution < 1.29 is 22.8 Å². The first-order valence-electron chi connectivity index (χ1n) is 13.2. The Morgan fingerprint density at radius 1 is 1.09 bits per heavy atom. The summed E-state index contributed by atoms with van der Waals surface area (Å²) in [5.74, 6) is 0.878. The Bertz CT molecular complexity index is 834. The van der Waals surface area contributed by atoms with Crippen LogP contribution >= 0.6 is 0 Å². The fraction of sp³-hybridized carbons (Fsp3) is 0.913. The molecule has 2 heterocycles. The van der Waals surface area contributed by atoms with Gasteiger partial charge in [0.2, 0.25) is 11.8 Å². The van der Waals surface area contributed by atoms with Gasteiger partial charge in [-0.2, -0.15) is 5.48 Å². The first-order chi connectivity index (χ1) is 16.8. The Balaban J connectivity index is 1.05. The van der Waals surface area contributed by atoms with Gasteiger partial charge in [-0.3, -0.25) is 25.2 Å². The van der Waals surface area contributed by atoms with E-state index >= 15 is 0 Å². The van der Waals surface area contributed by atoms with E-state index in [0.717, 1.165) is 45.1 Å². The second-order valence-corrected chi connectivity index (χ2v) is 12.9. The maximum Gasteiger partial charge on any atom is 0.237 e. The summed E-state index contributed by atoms with van der Waals surface area (Å²) in [5.41, 5.74) is 8.94. The highest BCUT2D eigenvalue weighted by Crippen LogP contribution is 2.33. The van der Waals surface area contributed by atoms with Gasteiger partial charge in [0, 0.05) is 31.1 Å². The number of hydrogen-bond donors (Lipinski definition) is 6. The van der Waals surface area contributed by atoms with E-state index in [1.54, 1.807) is 0 Å². The number of carbonyl (C=O) groups excluding carboxylic acids is 2. The van der Waals surface area contributed by atoms with E-state index < -0.39 is 9.84 Å². The smallest absolute Gasteiger partial charge is 0.237 e. The lowest BCUT2D eigenvalue weighted by Crippen LogP contribution is -2.64. The van der Waals surface area contributed by atoms with Crippen LogP contribution in [0, 0.1) is 17.8 Å². The number of nitrogens with one attached hydrogen (secondary N) is 6. The second-order valence-electron chi connectivity index (χ2n) is 10.6. The van der Waals surface area contributed by atoms with E-state index in [4.69, 9.17) is 4.84 Å². The minimum atomic E-state index is -2.96. The van der Waals surface area contributed by atoms with E-state index in [1.165, 1.54) is 12.7 Å². The molecule has 6 N–H and O–H groups in total. The lowest BCUT2D eigenvalue weighted by Gasteiger charge is -2.41. The van der Waals surface area contributed by atoms with Crippen LogP contribution in [-0.2, 0) is 24.3 Å². The van der Waals surface area contributed by atoms with E-state index in [9.17, 15) is 18.0 Å². The predicted octanol–water partition coefficient (Wildman–Crippen LogP) is 0.00940. The first kappa shape index (κ1) is 26.7. The molecular formula is C23H42N6O5S. The Morgan fingerprint density at radius 3 is 2.63 bits per heavy atom. The van der Waals surface area contributed by atoms with Gasteiger partial charge in [-0.25, -0.2) is 13.8 Å². The van der Waals surface area contributed by atoms with Crippen LogP contribution in [0.1, 0.15) is 70.6 Å². The number of hydrazine groups is 1. The van der Waals surface area contributed by atoms with Gasteiger partial charge < -0.3 is 10.6 Å². The van der Waals surface area contributed by atoms with Crippen molar-refractivity contribution in [2.75, 3.05) is 19.3 Å². The fourth-order valence-electron chi connectivity index (χ4n) is 6.01. The molecule has 4 rings (SSSR count). The van der Waals surface area contributed by atoms with E-state index in [-0.39, 0.29) is 41.5 Å². The van der Waals surface area contributed by atoms with Crippen molar-refractivity contribution in [2.45, 2.75) is 94.4 Å². The molecule has 4 fully saturated rings. The van der Waals surface area contributed by atoms with Crippen molar-refractivity contribution in [3.8, 4) is 0 Å². The first-order valence-corrected chi connectivity index (χ1v) is 15.2. The molecule has 2 saturated carbocycles. The van der Waals surface area contributed by atoms with Crippen molar-refractivity contribution in [3.63, 3.8) is 0 Å². The SMILES string of the molecule is CS(=O)(=O)C1CCC(C2NOC(CCC(=O)NCCCNC3NNC(=O)C4CCCCC34)N2)CC1. The average molecular weight is 515 g/mol. The van der Waals surface area contributed by atoms with Crippen LogP contribution in [0.3, 0.4) is 0 Å². The van der Waals surface area contributed by atoms with Gasteiger partial charge in [0.1, 0.15) is 16.1 Å². The molecule has 5 atom stereocenters. The number of amides is 2. The maximum absolute atomic E-state index is 12.2. The van der Waals surface area contributed by atoms with Gasteiger partial charge in [0.15, 0.2) is 0 Å². The van der Waals surface area contributed by atoms with Crippen LogP contribution in [0.5, 0.6) is 0 Å². The van der Waals surface area contributed by atoms with Gasteiger partial charge in [-0.05, 0) is 63.8 Å². The Hall–Kier alpha value is -1.31. The van der Waals surface area contributed by atoms with Crippen molar-refractivity contribution >= 4 is 21.7 Å². The second kappa shape index (κ2) is 12.3.